The number of halogens is 1. The first-order valence-electron chi connectivity index (χ1n) is 14.5. The predicted octanol–water partition coefficient (Wildman–Crippen LogP) is 6.32. The highest BCUT2D eigenvalue weighted by atomic mass is 35.5. The van der Waals surface area contributed by atoms with Crippen LogP contribution in [-0.4, -0.2) is 43.8 Å². The smallest absolute Gasteiger partial charge is 0.264 e. The van der Waals surface area contributed by atoms with Gasteiger partial charge in [0.25, 0.3) is 10.0 Å². The number of aryl methyl sites for hydroxylation is 2. The van der Waals surface area contributed by atoms with Crippen LogP contribution in [0.15, 0.2) is 108 Å². The van der Waals surface area contributed by atoms with Crippen LogP contribution in [0.1, 0.15) is 36.1 Å². The Balaban J connectivity index is 1.82. The first-order chi connectivity index (χ1) is 20.9. The monoisotopic (exact) mass is 631 g/mol. The Morgan fingerprint density at radius 3 is 1.98 bits per heavy atom. The van der Waals surface area contributed by atoms with Gasteiger partial charge in [0.2, 0.25) is 11.8 Å². The molecule has 0 aliphatic heterocycles. The second kappa shape index (κ2) is 14.6. The Morgan fingerprint density at radius 2 is 1.39 bits per heavy atom. The van der Waals surface area contributed by atoms with Gasteiger partial charge in [-0.3, -0.25) is 13.9 Å². The van der Waals surface area contributed by atoms with Crippen molar-refractivity contribution < 1.29 is 18.0 Å². The Kier molecular flexibility index (Phi) is 10.8. The van der Waals surface area contributed by atoms with E-state index in [-0.39, 0.29) is 29.8 Å². The highest BCUT2D eigenvalue weighted by molar-refractivity contribution is 7.92. The minimum Gasteiger partial charge on any atom is -0.352 e. The minimum absolute atomic E-state index is 0.0501. The summed E-state index contributed by atoms with van der Waals surface area (Å²) in [5.41, 5.74) is 3.66. The van der Waals surface area contributed by atoms with Gasteiger partial charge in [0.1, 0.15) is 12.6 Å². The van der Waals surface area contributed by atoms with Gasteiger partial charge in [-0.05, 0) is 86.3 Å². The number of carbonyl (C=O) groups is 2. The zero-order chi connectivity index (χ0) is 31.9. The molecule has 0 unspecified atom stereocenters. The molecule has 0 spiro atoms. The standard InChI is InChI=1S/C35H38ClN3O4S/c1-25(2)37-35(41)33(22-28-12-7-5-8-13-28)38(23-29-14-11-15-30(36)21-29)34(40)24-39(31-19-26(3)18-27(4)20-31)44(42,43)32-16-9-6-10-17-32/h5-21,25,33H,22-24H2,1-4H3,(H,37,41)/t33-/m0/s1. The molecule has 0 aliphatic rings. The Hall–Kier alpha value is -4.14. The molecule has 9 heteroatoms. The van der Waals surface area contributed by atoms with Crippen LogP contribution < -0.4 is 9.62 Å². The van der Waals surface area contributed by atoms with Crippen molar-refractivity contribution in [3.05, 3.63) is 130 Å². The molecule has 0 aliphatic carbocycles. The molecule has 4 aromatic carbocycles. The van der Waals surface area contributed by atoms with Gasteiger partial charge in [0.15, 0.2) is 0 Å². The molecule has 1 N–H and O–H groups in total. The Morgan fingerprint density at radius 1 is 0.795 bits per heavy atom. The van der Waals surface area contributed by atoms with E-state index in [0.29, 0.717) is 16.3 Å². The van der Waals surface area contributed by atoms with Crippen molar-refractivity contribution in [1.82, 2.24) is 10.2 Å². The van der Waals surface area contributed by atoms with Crippen molar-refractivity contribution in [3.8, 4) is 0 Å². The fourth-order valence-electron chi connectivity index (χ4n) is 5.11. The van der Waals surface area contributed by atoms with Crippen LogP contribution in [-0.2, 0) is 32.6 Å². The maximum atomic E-state index is 14.5. The van der Waals surface area contributed by atoms with E-state index in [1.807, 2.05) is 70.2 Å². The molecule has 4 rings (SSSR count). The molecule has 0 saturated carbocycles. The number of rotatable bonds is 12. The Labute approximate surface area is 265 Å². The third kappa shape index (κ3) is 8.49. The number of sulfonamides is 1. The zero-order valence-corrected chi connectivity index (χ0v) is 27.0. The van der Waals surface area contributed by atoms with Gasteiger partial charge in [0.05, 0.1) is 10.6 Å². The first kappa shape index (κ1) is 32.8. The largest absolute Gasteiger partial charge is 0.352 e. The zero-order valence-electron chi connectivity index (χ0n) is 25.4. The molecular formula is C35H38ClN3O4S. The van der Waals surface area contributed by atoms with Gasteiger partial charge < -0.3 is 10.2 Å². The van der Waals surface area contributed by atoms with Gasteiger partial charge in [-0.25, -0.2) is 8.42 Å². The van der Waals surface area contributed by atoms with Crippen molar-refractivity contribution in [3.63, 3.8) is 0 Å². The van der Waals surface area contributed by atoms with E-state index in [1.54, 1.807) is 48.5 Å². The number of carbonyl (C=O) groups excluding carboxylic acids is 2. The van der Waals surface area contributed by atoms with Crippen molar-refractivity contribution in [2.75, 3.05) is 10.8 Å². The molecule has 0 heterocycles. The average molecular weight is 632 g/mol. The van der Waals surface area contributed by atoms with Crippen molar-refractivity contribution >= 4 is 39.1 Å². The SMILES string of the molecule is Cc1cc(C)cc(N(CC(=O)N(Cc2cccc(Cl)c2)[C@@H](Cc2ccccc2)C(=O)NC(C)C)S(=O)(=O)c2ccccc2)c1. The van der Waals surface area contributed by atoms with Gasteiger partial charge in [-0.1, -0.05) is 78.3 Å². The van der Waals surface area contributed by atoms with E-state index >= 15 is 0 Å². The topological polar surface area (TPSA) is 86.8 Å². The van der Waals surface area contributed by atoms with Gasteiger partial charge in [-0.2, -0.15) is 0 Å². The second-order valence-corrected chi connectivity index (χ2v) is 13.5. The molecule has 44 heavy (non-hydrogen) atoms. The molecule has 230 valence electrons. The van der Waals surface area contributed by atoms with Crippen LogP contribution in [0, 0.1) is 13.8 Å². The third-order valence-corrected chi connectivity index (χ3v) is 9.07. The first-order valence-corrected chi connectivity index (χ1v) is 16.3. The predicted molar refractivity (Wildman–Crippen MR) is 176 cm³/mol. The van der Waals surface area contributed by atoms with E-state index in [1.165, 1.54) is 17.0 Å². The van der Waals surface area contributed by atoms with Crippen molar-refractivity contribution in [1.29, 1.82) is 0 Å². The summed E-state index contributed by atoms with van der Waals surface area (Å²) >= 11 is 6.30. The molecule has 0 saturated heterocycles. The summed E-state index contributed by atoms with van der Waals surface area (Å²) in [5, 5.41) is 3.45. The summed E-state index contributed by atoms with van der Waals surface area (Å²) in [5.74, 6) is -0.855. The summed E-state index contributed by atoms with van der Waals surface area (Å²) in [6, 6.07) is 28.9. The lowest BCUT2D eigenvalue weighted by Crippen LogP contribution is -2.54. The van der Waals surface area contributed by atoms with E-state index in [9.17, 15) is 18.0 Å². The lowest BCUT2D eigenvalue weighted by Gasteiger charge is -2.34. The van der Waals surface area contributed by atoms with Crippen molar-refractivity contribution in [2.45, 2.75) is 57.6 Å². The highest BCUT2D eigenvalue weighted by Crippen LogP contribution is 2.27. The molecule has 0 bridgehead atoms. The highest BCUT2D eigenvalue weighted by Gasteiger charge is 2.35. The Bertz CT molecular complexity index is 1680. The molecular weight excluding hydrogens is 594 g/mol. The summed E-state index contributed by atoms with van der Waals surface area (Å²) in [6.45, 7) is 7.01. The number of hydrogen-bond donors (Lipinski definition) is 1. The van der Waals surface area contributed by atoms with Crippen LogP contribution in [0.25, 0.3) is 0 Å². The maximum absolute atomic E-state index is 14.5. The van der Waals surface area contributed by atoms with Crippen molar-refractivity contribution in [2.24, 2.45) is 0 Å². The van der Waals surface area contributed by atoms with Gasteiger partial charge in [0, 0.05) is 24.0 Å². The molecule has 7 nitrogen and oxygen atoms in total. The number of nitrogens with zero attached hydrogens (tertiary/aromatic N) is 2. The maximum Gasteiger partial charge on any atom is 0.264 e. The number of hydrogen-bond acceptors (Lipinski definition) is 4. The molecule has 0 fully saturated rings. The fourth-order valence-corrected chi connectivity index (χ4v) is 6.74. The minimum atomic E-state index is -4.16. The quantitative estimate of drug-likeness (QED) is 0.198. The molecule has 0 radical (unpaired) electrons. The fraction of sp³-hybridized carbons (Fsp3) is 0.257. The van der Waals surface area contributed by atoms with Crippen LogP contribution in [0.5, 0.6) is 0 Å². The van der Waals surface area contributed by atoms with Gasteiger partial charge in [-0.15, -0.1) is 0 Å². The normalized spacial score (nSPS) is 12.0. The van der Waals surface area contributed by atoms with E-state index in [0.717, 1.165) is 21.0 Å². The van der Waals surface area contributed by atoms with Crippen LogP contribution in [0.3, 0.4) is 0 Å². The molecule has 4 aromatic rings. The van der Waals surface area contributed by atoms with E-state index in [2.05, 4.69) is 5.32 Å². The summed E-state index contributed by atoms with van der Waals surface area (Å²) in [7, 11) is -4.16. The molecule has 0 aromatic heterocycles. The molecule has 2 amide bonds. The average Bonchev–Trinajstić information content (AvgIpc) is 2.97. The number of amides is 2. The summed E-state index contributed by atoms with van der Waals surface area (Å²) in [6.07, 6.45) is 0.237. The van der Waals surface area contributed by atoms with E-state index in [4.69, 9.17) is 11.6 Å². The van der Waals surface area contributed by atoms with Gasteiger partial charge >= 0.3 is 0 Å². The number of nitrogens with one attached hydrogen (secondary N) is 1. The van der Waals surface area contributed by atoms with Crippen LogP contribution in [0.4, 0.5) is 5.69 Å². The third-order valence-electron chi connectivity index (χ3n) is 7.05. The van der Waals surface area contributed by atoms with E-state index < -0.39 is 28.5 Å². The lowest BCUT2D eigenvalue weighted by molar-refractivity contribution is -0.140. The number of benzene rings is 4. The summed E-state index contributed by atoms with van der Waals surface area (Å²) < 4.78 is 29.4. The number of anilines is 1. The van der Waals surface area contributed by atoms with Crippen LogP contribution >= 0.6 is 11.6 Å². The van der Waals surface area contributed by atoms with Crippen LogP contribution in [0.2, 0.25) is 5.02 Å². The summed E-state index contributed by atoms with van der Waals surface area (Å²) in [4.78, 5) is 29.8. The lowest BCUT2D eigenvalue weighted by atomic mass is 10.0. The molecule has 1 atom stereocenters. The second-order valence-electron chi connectivity index (χ2n) is 11.2.